The quantitative estimate of drug-likeness (QED) is 0.100. The van der Waals surface area contributed by atoms with Crippen LogP contribution in [-0.4, -0.2) is 64.6 Å². The first-order valence-corrected chi connectivity index (χ1v) is 15.8. The number of hydrogen-bond acceptors (Lipinski definition) is 9. The Kier molecular flexibility index (Phi) is 15.0. The normalized spacial score (nSPS) is 12.6. The number of nitrogens with zero attached hydrogens (tertiary/aromatic N) is 2. The first-order chi connectivity index (χ1) is 22.6. The molecule has 0 aromatic heterocycles. The molecule has 0 aliphatic rings. The van der Waals surface area contributed by atoms with Crippen LogP contribution in [0.3, 0.4) is 0 Å². The van der Waals surface area contributed by atoms with Gasteiger partial charge in [-0.25, -0.2) is 19.2 Å². The Labute approximate surface area is 294 Å². The highest BCUT2D eigenvalue weighted by molar-refractivity contribution is 6.03. The van der Waals surface area contributed by atoms with Crippen LogP contribution in [0.15, 0.2) is 40.3 Å². The lowest BCUT2D eigenvalue weighted by Crippen LogP contribution is -2.44. The van der Waals surface area contributed by atoms with Gasteiger partial charge in [-0.2, -0.15) is 0 Å². The Morgan fingerprint density at radius 3 is 1.24 bits per heavy atom. The number of alkyl carbamates (subject to hydrolysis) is 2. The number of amides is 5. The van der Waals surface area contributed by atoms with Crippen LogP contribution in [0, 0.1) is 0 Å². The van der Waals surface area contributed by atoms with Gasteiger partial charge >= 0.3 is 24.4 Å². The summed E-state index contributed by atoms with van der Waals surface area (Å²) in [7, 11) is 0. The number of carbonyl (C=O) groups excluding carboxylic acids is 5. The van der Waals surface area contributed by atoms with E-state index in [1.54, 1.807) is 108 Å². The second kappa shape index (κ2) is 17.5. The molecule has 0 saturated heterocycles. The maximum atomic E-state index is 12.5. The Balaban J connectivity index is 3.46. The molecule has 0 spiro atoms. The van der Waals surface area contributed by atoms with E-state index >= 15 is 0 Å². The molecule has 0 heterocycles. The van der Waals surface area contributed by atoms with Crippen LogP contribution >= 0.6 is 0 Å². The van der Waals surface area contributed by atoms with E-state index in [1.807, 2.05) is 0 Å². The number of ether oxygens (including phenoxy) is 4. The van der Waals surface area contributed by atoms with Crippen LogP contribution in [0.1, 0.15) is 101 Å². The van der Waals surface area contributed by atoms with Gasteiger partial charge in [0.1, 0.15) is 22.4 Å². The molecule has 1 rings (SSSR count). The maximum Gasteiger partial charge on any atom is 0.437 e. The smallest absolute Gasteiger partial charge is 0.437 e. The highest BCUT2D eigenvalue weighted by atomic mass is 16.6. The summed E-state index contributed by atoms with van der Waals surface area (Å²) in [5.41, 5.74) is -1.63. The fraction of sp³-hybridized carbons (Fsp3) is 0.559. The molecule has 16 heteroatoms. The third-order valence-electron chi connectivity index (χ3n) is 5.05. The van der Waals surface area contributed by atoms with Crippen LogP contribution in [0.25, 0.3) is 0 Å². The van der Waals surface area contributed by atoms with Gasteiger partial charge in [-0.15, -0.1) is 9.98 Å². The maximum absolute atomic E-state index is 12.5. The molecular formula is C34H53N7O9. The van der Waals surface area contributed by atoms with E-state index in [2.05, 4.69) is 43.1 Å². The molecule has 0 unspecified atom stereocenters. The average Bonchev–Trinajstić information content (AvgIpc) is 2.85. The van der Waals surface area contributed by atoms with Gasteiger partial charge < -0.3 is 34.9 Å². The first-order valence-electron chi connectivity index (χ1n) is 15.8. The van der Waals surface area contributed by atoms with Crippen molar-refractivity contribution in [1.29, 1.82) is 0 Å². The SMILES string of the molecule is C=C(C)C(=O)Nc1cc(CN/C(=N/C(=O)OC(C)(C)C)NC(=O)OC(C)(C)C)cc(CN/C(=N/C(=O)OC(C)(C)C)NC(=O)OC(C)(C)C)c1. The van der Waals surface area contributed by atoms with Crippen molar-refractivity contribution in [3.05, 3.63) is 41.5 Å². The molecule has 278 valence electrons. The molecule has 50 heavy (non-hydrogen) atoms. The molecule has 1 aromatic carbocycles. The van der Waals surface area contributed by atoms with E-state index in [0.717, 1.165) is 0 Å². The summed E-state index contributed by atoms with van der Waals surface area (Å²) in [4.78, 5) is 70.3. The highest BCUT2D eigenvalue weighted by Crippen LogP contribution is 2.17. The number of rotatable bonds is 6. The Hall–Kier alpha value is -5.15. The molecule has 0 radical (unpaired) electrons. The number of nitrogens with one attached hydrogen (secondary N) is 5. The molecule has 0 bridgehead atoms. The van der Waals surface area contributed by atoms with E-state index in [-0.39, 0.29) is 30.6 Å². The summed E-state index contributed by atoms with van der Waals surface area (Å²) < 4.78 is 21.1. The molecule has 0 aliphatic carbocycles. The van der Waals surface area contributed by atoms with Gasteiger partial charge in [0.25, 0.3) is 5.91 Å². The molecule has 0 atom stereocenters. The van der Waals surface area contributed by atoms with Gasteiger partial charge in [-0.1, -0.05) is 12.6 Å². The van der Waals surface area contributed by atoms with Crippen molar-refractivity contribution >= 4 is 47.9 Å². The minimum Gasteiger partial charge on any atom is -0.444 e. The first kappa shape index (κ1) is 42.9. The Morgan fingerprint density at radius 1 is 0.600 bits per heavy atom. The molecule has 1 aromatic rings. The molecule has 0 saturated carbocycles. The lowest BCUT2D eigenvalue weighted by Gasteiger charge is -2.21. The third-order valence-corrected chi connectivity index (χ3v) is 5.05. The molecular weight excluding hydrogens is 650 g/mol. The second-order valence-electron chi connectivity index (χ2n) is 15.1. The average molecular weight is 704 g/mol. The van der Waals surface area contributed by atoms with Crippen molar-refractivity contribution in [2.24, 2.45) is 9.98 Å². The minimum absolute atomic E-state index is 0.0176. The largest absolute Gasteiger partial charge is 0.444 e. The number of anilines is 1. The number of benzene rings is 1. The predicted octanol–water partition coefficient (Wildman–Crippen LogP) is 6.01. The summed E-state index contributed by atoms with van der Waals surface area (Å²) in [5.74, 6) is -0.942. The summed E-state index contributed by atoms with van der Waals surface area (Å²) in [6.45, 7) is 25.3. The van der Waals surface area contributed by atoms with E-state index in [9.17, 15) is 24.0 Å². The van der Waals surface area contributed by atoms with Crippen LogP contribution in [-0.2, 0) is 36.8 Å². The summed E-state index contributed by atoms with van der Waals surface area (Å²) in [6.07, 6.45) is -3.65. The van der Waals surface area contributed by atoms with Crippen LogP contribution in [0.2, 0.25) is 0 Å². The fourth-order valence-electron chi connectivity index (χ4n) is 3.42. The monoisotopic (exact) mass is 703 g/mol. The second-order valence-corrected chi connectivity index (χ2v) is 15.1. The van der Waals surface area contributed by atoms with Crippen LogP contribution < -0.4 is 26.6 Å². The van der Waals surface area contributed by atoms with Gasteiger partial charge in [0.2, 0.25) is 11.9 Å². The number of carbonyl (C=O) groups is 5. The van der Waals surface area contributed by atoms with Crippen molar-refractivity contribution in [2.75, 3.05) is 5.32 Å². The molecule has 0 aliphatic heterocycles. The summed E-state index contributed by atoms with van der Waals surface area (Å²) >= 11 is 0. The lowest BCUT2D eigenvalue weighted by molar-refractivity contribution is -0.112. The van der Waals surface area contributed by atoms with Crippen molar-refractivity contribution in [2.45, 2.75) is 126 Å². The van der Waals surface area contributed by atoms with Gasteiger partial charge in [0.15, 0.2) is 0 Å². The lowest BCUT2D eigenvalue weighted by atomic mass is 10.1. The Morgan fingerprint density at radius 2 is 0.940 bits per heavy atom. The molecule has 0 fully saturated rings. The topological polar surface area (TPSA) is 207 Å². The summed E-state index contributed by atoms with van der Waals surface area (Å²) in [6, 6.07) is 5.00. The number of aliphatic imine (C=N–C) groups is 2. The third kappa shape index (κ3) is 20.3. The molecule has 5 amide bonds. The summed E-state index contributed by atoms with van der Waals surface area (Å²) in [5, 5.41) is 13.4. The number of guanidine groups is 2. The van der Waals surface area contributed by atoms with Crippen LogP contribution in [0.5, 0.6) is 0 Å². The zero-order chi connectivity index (χ0) is 38.7. The minimum atomic E-state index is -0.960. The standard InChI is InChI=1S/C34H53N7O9/c1-20(2)24(42)37-23-16-21(18-35-25(38-27(43)47-31(3,4)5)39-28(44)48-32(6,7)8)15-22(17-23)19-36-26(40-29(45)49-33(9,10)11)41-30(46)50-34(12,13)14/h15-17H,1,18-19H2,2-14H3,(H,37,42)(H2,35,38,39,43,44)(H2,36,40,41,45,46). The van der Waals surface area contributed by atoms with Gasteiger partial charge in [-0.3, -0.25) is 15.4 Å². The van der Waals surface area contributed by atoms with E-state index in [1.165, 1.54) is 0 Å². The van der Waals surface area contributed by atoms with E-state index in [4.69, 9.17) is 18.9 Å². The van der Waals surface area contributed by atoms with E-state index in [0.29, 0.717) is 16.8 Å². The fourth-order valence-corrected chi connectivity index (χ4v) is 3.42. The van der Waals surface area contributed by atoms with E-state index < -0.39 is 52.7 Å². The molecule has 16 nitrogen and oxygen atoms in total. The Bertz CT molecular complexity index is 1400. The van der Waals surface area contributed by atoms with Crippen LogP contribution in [0.4, 0.5) is 24.9 Å². The van der Waals surface area contributed by atoms with Crippen molar-refractivity contribution in [3.8, 4) is 0 Å². The predicted molar refractivity (Wildman–Crippen MR) is 190 cm³/mol. The van der Waals surface area contributed by atoms with Gasteiger partial charge in [0.05, 0.1) is 0 Å². The van der Waals surface area contributed by atoms with Crippen molar-refractivity contribution in [1.82, 2.24) is 21.3 Å². The number of hydrogen-bond donors (Lipinski definition) is 5. The highest BCUT2D eigenvalue weighted by Gasteiger charge is 2.22. The zero-order valence-electron chi connectivity index (χ0n) is 31.4. The van der Waals surface area contributed by atoms with Gasteiger partial charge in [-0.05, 0) is 113 Å². The van der Waals surface area contributed by atoms with Crippen molar-refractivity contribution in [3.63, 3.8) is 0 Å². The molecule has 5 N–H and O–H groups in total. The van der Waals surface area contributed by atoms with Crippen molar-refractivity contribution < 1.29 is 42.9 Å². The zero-order valence-corrected chi connectivity index (χ0v) is 31.4. The van der Waals surface area contributed by atoms with Gasteiger partial charge in [0, 0.05) is 24.4 Å².